The van der Waals surface area contributed by atoms with E-state index in [-0.39, 0.29) is 12.1 Å². The Kier molecular flexibility index (Phi) is 11.7. The van der Waals surface area contributed by atoms with Gasteiger partial charge < -0.3 is 9.84 Å². The Bertz CT molecular complexity index is 508. The van der Waals surface area contributed by atoms with Gasteiger partial charge in [-0.25, -0.2) is 0 Å². The smallest absolute Gasteiger partial charge is 0.305 e. The summed E-state index contributed by atoms with van der Waals surface area (Å²) in [6.45, 7) is 2.17. The second-order valence-corrected chi connectivity index (χ2v) is 6.61. The van der Waals surface area contributed by atoms with Crippen LogP contribution < -0.4 is 0 Å². The minimum absolute atomic E-state index is 0.118. The highest BCUT2D eigenvalue weighted by Crippen LogP contribution is 2.16. The molecule has 0 aliphatic rings. The van der Waals surface area contributed by atoms with Crippen LogP contribution in [0.1, 0.15) is 75.8 Å². The van der Waals surface area contributed by atoms with Crippen LogP contribution in [0.3, 0.4) is 0 Å². The lowest BCUT2D eigenvalue weighted by Crippen LogP contribution is -2.01. The van der Waals surface area contributed by atoms with Crippen molar-refractivity contribution in [2.24, 2.45) is 0 Å². The fourth-order valence-corrected chi connectivity index (χ4v) is 2.88. The minimum Gasteiger partial charge on any atom is -0.469 e. The van der Waals surface area contributed by atoms with Gasteiger partial charge in [0.25, 0.3) is 0 Å². The third-order valence-corrected chi connectivity index (χ3v) is 4.46. The molecule has 1 unspecified atom stereocenters. The van der Waals surface area contributed by atoms with E-state index in [1.54, 1.807) is 0 Å². The van der Waals surface area contributed by atoms with E-state index in [1.807, 2.05) is 12.1 Å². The molecule has 3 nitrogen and oxygen atoms in total. The summed E-state index contributed by atoms with van der Waals surface area (Å²) < 4.78 is 4.65. The van der Waals surface area contributed by atoms with Crippen LogP contribution in [0.5, 0.6) is 0 Å². The van der Waals surface area contributed by atoms with E-state index in [1.165, 1.54) is 31.1 Å². The summed E-state index contributed by atoms with van der Waals surface area (Å²) in [4.78, 5) is 11.1. The molecule has 140 valence electrons. The first-order chi connectivity index (χ1) is 12.2. The van der Waals surface area contributed by atoms with Crippen molar-refractivity contribution in [2.45, 2.75) is 77.2 Å². The van der Waals surface area contributed by atoms with E-state index < -0.39 is 0 Å². The third kappa shape index (κ3) is 10.1. The number of unbranched alkanes of at least 4 members (excludes halogenated alkanes) is 5. The monoisotopic (exact) mass is 346 g/mol. The molecule has 0 aliphatic heterocycles. The van der Waals surface area contributed by atoms with Crippen LogP contribution in [-0.4, -0.2) is 24.3 Å². The highest BCUT2D eigenvalue weighted by atomic mass is 16.5. The van der Waals surface area contributed by atoms with Crippen LogP contribution in [-0.2, 0) is 16.0 Å². The molecular weight excluding hydrogens is 312 g/mol. The van der Waals surface area contributed by atoms with Crippen molar-refractivity contribution in [1.29, 1.82) is 0 Å². The summed E-state index contributed by atoms with van der Waals surface area (Å²) in [6.07, 6.45) is 13.7. The Labute approximate surface area is 153 Å². The number of hydrogen-bond donors (Lipinski definition) is 1. The molecule has 1 aromatic carbocycles. The molecule has 1 atom stereocenters. The third-order valence-electron chi connectivity index (χ3n) is 4.46. The van der Waals surface area contributed by atoms with Crippen molar-refractivity contribution in [2.75, 3.05) is 7.11 Å². The molecule has 1 rings (SSSR count). The summed E-state index contributed by atoms with van der Waals surface area (Å²) in [5, 5.41) is 10.0. The number of methoxy groups -OCH3 is 1. The van der Waals surface area contributed by atoms with Crippen molar-refractivity contribution in [3.05, 3.63) is 41.5 Å². The predicted octanol–water partition coefficient (Wildman–Crippen LogP) is 5.31. The van der Waals surface area contributed by atoms with Gasteiger partial charge >= 0.3 is 5.97 Å². The molecule has 0 saturated carbocycles. The van der Waals surface area contributed by atoms with Crippen molar-refractivity contribution >= 4 is 12.0 Å². The predicted molar refractivity (Wildman–Crippen MR) is 104 cm³/mol. The summed E-state index contributed by atoms with van der Waals surface area (Å²) in [5.41, 5.74) is 2.53. The van der Waals surface area contributed by atoms with Crippen LogP contribution in [0, 0.1) is 0 Å². The molecule has 0 aliphatic carbocycles. The first-order valence-corrected chi connectivity index (χ1v) is 9.68. The first-order valence-electron chi connectivity index (χ1n) is 9.68. The Balaban J connectivity index is 2.36. The molecule has 0 bridgehead atoms. The average molecular weight is 347 g/mol. The number of carbonyl (C=O) groups excluding carboxylic acids is 1. The van der Waals surface area contributed by atoms with Gasteiger partial charge in [0, 0.05) is 6.42 Å². The fourth-order valence-electron chi connectivity index (χ4n) is 2.88. The SMILES string of the molecule is CCCCCC(O)C=Cc1ccccc1CCCCCCC(=O)OC. The Morgan fingerprint density at radius 1 is 1.12 bits per heavy atom. The molecule has 0 spiro atoms. The quantitative estimate of drug-likeness (QED) is 0.389. The summed E-state index contributed by atoms with van der Waals surface area (Å²) in [6, 6.07) is 8.39. The summed E-state index contributed by atoms with van der Waals surface area (Å²) in [5.74, 6) is -0.118. The topological polar surface area (TPSA) is 46.5 Å². The Morgan fingerprint density at radius 3 is 2.64 bits per heavy atom. The van der Waals surface area contributed by atoms with Crippen molar-refractivity contribution in [3.8, 4) is 0 Å². The Hall–Kier alpha value is -1.61. The minimum atomic E-state index is -0.349. The van der Waals surface area contributed by atoms with Gasteiger partial charge in [-0.3, -0.25) is 4.79 Å². The van der Waals surface area contributed by atoms with E-state index in [2.05, 4.69) is 35.9 Å². The maximum atomic E-state index is 11.1. The normalized spacial score (nSPS) is 12.4. The van der Waals surface area contributed by atoms with Gasteiger partial charge in [0.2, 0.25) is 0 Å². The van der Waals surface area contributed by atoms with E-state index in [4.69, 9.17) is 0 Å². The molecule has 25 heavy (non-hydrogen) atoms. The molecular formula is C22H34O3. The van der Waals surface area contributed by atoms with E-state index >= 15 is 0 Å². The van der Waals surface area contributed by atoms with Crippen LogP contribution in [0.15, 0.2) is 30.3 Å². The number of carbonyl (C=O) groups is 1. The molecule has 0 fully saturated rings. The zero-order valence-electron chi connectivity index (χ0n) is 15.9. The van der Waals surface area contributed by atoms with E-state index in [9.17, 15) is 9.90 Å². The van der Waals surface area contributed by atoms with E-state index in [0.717, 1.165) is 44.9 Å². The highest BCUT2D eigenvalue weighted by Gasteiger charge is 2.03. The standard InChI is InChI=1S/C22H34O3/c1-3-4-7-15-21(23)18-17-20-14-11-10-13-19(20)12-8-5-6-9-16-22(24)25-2/h10-11,13-14,17-18,21,23H,3-9,12,15-16H2,1-2H3. The number of rotatable bonds is 13. The number of aliphatic hydroxyl groups is 1. The number of aliphatic hydroxyl groups excluding tert-OH is 1. The molecule has 0 aromatic heterocycles. The van der Waals surface area contributed by atoms with Crippen LogP contribution in [0.2, 0.25) is 0 Å². The van der Waals surface area contributed by atoms with Gasteiger partial charge in [-0.15, -0.1) is 0 Å². The van der Waals surface area contributed by atoms with Crippen LogP contribution >= 0.6 is 0 Å². The van der Waals surface area contributed by atoms with Crippen molar-refractivity contribution < 1.29 is 14.6 Å². The number of benzene rings is 1. The number of esters is 1. The van der Waals surface area contributed by atoms with Gasteiger partial charge in [-0.1, -0.05) is 75.4 Å². The largest absolute Gasteiger partial charge is 0.469 e. The summed E-state index contributed by atoms with van der Waals surface area (Å²) >= 11 is 0. The lowest BCUT2D eigenvalue weighted by atomic mass is 9.99. The maximum absolute atomic E-state index is 11.1. The summed E-state index contributed by atoms with van der Waals surface area (Å²) in [7, 11) is 1.44. The van der Waals surface area contributed by atoms with Crippen LogP contribution in [0.4, 0.5) is 0 Å². The molecule has 0 amide bonds. The van der Waals surface area contributed by atoms with Gasteiger partial charge in [0.1, 0.15) is 0 Å². The molecule has 0 saturated heterocycles. The highest BCUT2D eigenvalue weighted by molar-refractivity contribution is 5.68. The molecule has 1 N–H and O–H groups in total. The number of hydrogen-bond acceptors (Lipinski definition) is 3. The zero-order chi connectivity index (χ0) is 18.3. The van der Waals surface area contributed by atoms with Gasteiger partial charge in [-0.2, -0.15) is 0 Å². The molecule has 3 heteroatoms. The lowest BCUT2D eigenvalue weighted by Gasteiger charge is -2.08. The first kappa shape index (κ1) is 21.4. The maximum Gasteiger partial charge on any atom is 0.305 e. The van der Waals surface area contributed by atoms with Gasteiger partial charge in [-0.05, 0) is 36.8 Å². The molecule has 0 heterocycles. The zero-order valence-corrected chi connectivity index (χ0v) is 15.9. The van der Waals surface area contributed by atoms with Crippen LogP contribution in [0.25, 0.3) is 6.08 Å². The average Bonchev–Trinajstić information content (AvgIpc) is 2.63. The van der Waals surface area contributed by atoms with Crippen molar-refractivity contribution in [1.82, 2.24) is 0 Å². The molecule has 0 radical (unpaired) electrons. The van der Waals surface area contributed by atoms with Gasteiger partial charge in [0.15, 0.2) is 0 Å². The number of aryl methyl sites for hydroxylation is 1. The van der Waals surface area contributed by atoms with Gasteiger partial charge in [0.05, 0.1) is 13.2 Å². The second-order valence-electron chi connectivity index (χ2n) is 6.61. The second kappa shape index (κ2) is 13.7. The Morgan fingerprint density at radius 2 is 1.88 bits per heavy atom. The van der Waals surface area contributed by atoms with Crippen molar-refractivity contribution in [3.63, 3.8) is 0 Å². The number of ether oxygens (including phenoxy) is 1. The van der Waals surface area contributed by atoms with E-state index in [0.29, 0.717) is 6.42 Å². The lowest BCUT2D eigenvalue weighted by molar-refractivity contribution is -0.140. The fraction of sp³-hybridized carbons (Fsp3) is 0.591. The molecule has 1 aromatic rings.